The van der Waals surface area contributed by atoms with Crippen LogP contribution in [0.25, 0.3) is 0 Å². The van der Waals surface area contributed by atoms with Gasteiger partial charge >= 0.3 is 0 Å². The summed E-state index contributed by atoms with van der Waals surface area (Å²) in [5.41, 5.74) is 0.564. The van der Waals surface area contributed by atoms with Gasteiger partial charge in [0.15, 0.2) is 0 Å². The van der Waals surface area contributed by atoms with Gasteiger partial charge in [0.1, 0.15) is 0 Å². The molecule has 1 aliphatic carbocycles. The molecule has 0 aliphatic heterocycles. The van der Waals surface area contributed by atoms with Crippen LogP contribution in [0, 0.1) is 5.41 Å². The van der Waals surface area contributed by atoms with E-state index in [9.17, 15) is 0 Å². The van der Waals surface area contributed by atoms with E-state index in [2.05, 4.69) is 33.0 Å². The molecule has 1 aliphatic rings. The average Bonchev–Trinajstić information content (AvgIpc) is 2.20. The van der Waals surface area contributed by atoms with Crippen LogP contribution in [-0.4, -0.2) is 25.3 Å². The second-order valence-electron chi connectivity index (χ2n) is 5.83. The van der Waals surface area contributed by atoms with Crippen molar-refractivity contribution in [1.29, 1.82) is 0 Å². The standard InChI is InChI=1S/C13H27NO/c1-10(11(2)15-5)14-12-6-8-13(3,4)9-7-12/h10-12,14H,6-9H2,1-5H3. The van der Waals surface area contributed by atoms with Gasteiger partial charge in [-0.05, 0) is 44.9 Å². The van der Waals surface area contributed by atoms with Crippen LogP contribution in [0.15, 0.2) is 0 Å². The van der Waals surface area contributed by atoms with Crippen molar-refractivity contribution in [2.75, 3.05) is 7.11 Å². The third-order valence-electron chi connectivity index (χ3n) is 3.91. The first-order valence-electron chi connectivity index (χ1n) is 6.23. The van der Waals surface area contributed by atoms with E-state index < -0.39 is 0 Å². The van der Waals surface area contributed by atoms with Crippen molar-refractivity contribution in [3.8, 4) is 0 Å². The quantitative estimate of drug-likeness (QED) is 0.775. The molecule has 0 saturated heterocycles. The second-order valence-corrected chi connectivity index (χ2v) is 5.83. The molecule has 2 nitrogen and oxygen atoms in total. The smallest absolute Gasteiger partial charge is 0.0693 e. The van der Waals surface area contributed by atoms with Crippen molar-refractivity contribution < 1.29 is 4.74 Å². The second kappa shape index (κ2) is 5.31. The summed E-state index contributed by atoms with van der Waals surface area (Å²) in [6.45, 7) is 9.10. The fourth-order valence-corrected chi connectivity index (χ4v) is 2.28. The number of methoxy groups -OCH3 is 1. The third kappa shape index (κ3) is 4.12. The summed E-state index contributed by atoms with van der Waals surface area (Å²) in [5, 5.41) is 3.68. The minimum absolute atomic E-state index is 0.305. The van der Waals surface area contributed by atoms with E-state index in [0.29, 0.717) is 23.6 Å². The van der Waals surface area contributed by atoms with Gasteiger partial charge in [0.25, 0.3) is 0 Å². The average molecular weight is 213 g/mol. The maximum Gasteiger partial charge on any atom is 0.0693 e. The van der Waals surface area contributed by atoms with Crippen LogP contribution in [0.5, 0.6) is 0 Å². The summed E-state index contributed by atoms with van der Waals surface area (Å²) in [7, 11) is 1.78. The topological polar surface area (TPSA) is 21.3 Å². The molecule has 0 aromatic rings. The first-order valence-corrected chi connectivity index (χ1v) is 6.23. The Balaban J connectivity index is 2.29. The maximum absolute atomic E-state index is 5.33. The molecule has 90 valence electrons. The SMILES string of the molecule is COC(C)C(C)NC1CCC(C)(C)CC1. The van der Waals surface area contributed by atoms with Gasteiger partial charge < -0.3 is 10.1 Å². The van der Waals surface area contributed by atoms with Gasteiger partial charge in [-0.2, -0.15) is 0 Å². The predicted octanol–water partition coefficient (Wildman–Crippen LogP) is 2.97. The van der Waals surface area contributed by atoms with Crippen molar-refractivity contribution in [2.24, 2.45) is 5.41 Å². The molecule has 15 heavy (non-hydrogen) atoms. The van der Waals surface area contributed by atoms with Gasteiger partial charge in [-0.15, -0.1) is 0 Å². The molecule has 1 saturated carbocycles. The van der Waals surface area contributed by atoms with Crippen molar-refractivity contribution in [3.05, 3.63) is 0 Å². The summed E-state index contributed by atoms with van der Waals surface area (Å²) in [4.78, 5) is 0. The minimum Gasteiger partial charge on any atom is -0.380 e. The van der Waals surface area contributed by atoms with E-state index in [4.69, 9.17) is 4.74 Å². The molecule has 2 atom stereocenters. The van der Waals surface area contributed by atoms with Crippen LogP contribution in [0.1, 0.15) is 53.4 Å². The number of rotatable bonds is 4. The van der Waals surface area contributed by atoms with Crippen molar-refractivity contribution in [1.82, 2.24) is 5.32 Å². The lowest BCUT2D eigenvalue weighted by Crippen LogP contribution is -2.45. The summed E-state index contributed by atoms with van der Waals surface area (Å²) in [5.74, 6) is 0. The van der Waals surface area contributed by atoms with E-state index in [1.54, 1.807) is 7.11 Å². The van der Waals surface area contributed by atoms with Gasteiger partial charge in [0, 0.05) is 19.2 Å². The lowest BCUT2D eigenvalue weighted by molar-refractivity contribution is 0.0779. The van der Waals surface area contributed by atoms with E-state index in [-0.39, 0.29) is 0 Å². The largest absolute Gasteiger partial charge is 0.380 e. The highest BCUT2D eigenvalue weighted by atomic mass is 16.5. The Morgan fingerprint density at radius 2 is 1.73 bits per heavy atom. The van der Waals surface area contributed by atoms with Gasteiger partial charge in [0.2, 0.25) is 0 Å². The highest BCUT2D eigenvalue weighted by Crippen LogP contribution is 2.35. The van der Waals surface area contributed by atoms with Crippen LogP contribution in [0.4, 0.5) is 0 Å². The molecule has 0 bridgehead atoms. The van der Waals surface area contributed by atoms with Crippen molar-refractivity contribution in [2.45, 2.75) is 71.6 Å². The third-order valence-corrected chi connectivity index (χ3v) is 3.91. The van der Waals surface area contributed by atoms with Gasteiger partial charge in [-0.25, -0.2) is 0 Å². The Hall–Kier alpha value is -0.0800. The van der Waals surface area contributed by atoms with E-state index in [1.165, 1.54) is 25.7 Å². The Morgan fingerprint density at radius 3 is 2.20 bits per heavy atom. The molecular formula is C13H27NO. The van der Waals surface area contributed by atoms with Crippen LogP contribution < -0.4 is 5.32 Å². The van der Waals surface area contributed by atoms with Crippen LogP contribution in [-0.2, 0) is 4.74 Å². The van der Waals surface area contributed by atoms with Gasteiger partial charge in [-0.3, -0.25) is 0 Å². The maximum atomic E-state index is 5.33. The fraction of sp³-hybridized carbons (Fsp3) is 1.00. The number of hydrogen-bond donors (Lipinski definition) is 1. The normalized spacial score (nSPS) is 26.2. The zero-order valence-corrected chi connectivity index (χ0v) is 11.0. The number of nitrogens with one attached hydrogen (secondary N) is 1. The Morgan fingerprint density at radius 1 is 1.20 bits per heavy atom. The van der Waals surface area contributed by atoms with Crippen LogP contribution in [0.2, 0.25) is 0 Å². The van der Waals surface area contributed by atoms with E-state index in [1.807, 2.05) is 0 Å². The van der Waals surface area contributed by atoms with Crippen LogP contribution >= 0.6 is 0 Å². The van der Waals surface area contributed by atoms with Gasteiger partial charge in [-0.1, -0.05) is 13.8 Å². The minimum atomic E-state index is 0.305. The molecule has 1 rings (SSSR count). The zero-order chi connectivity index (χ0) is 11.5. The Labute approximate surface area is 94.8 Å². The van der Waals surface area contributed by atoms with Gasteiger partial charge in [0.05, 0.1) is 6.10 Å². The van der Waals surface area contributed by atoms with Crippen molar-refractivity contribution >= 4 is 0 Å². The molecule has 2 unspecified atom stereocenters. The van der Waals surface area contributed by atoms with E-state index in [0.717, 1.165) is 0 Å². The number of hydrogen-bond acceptors (Lipinski definition) is 2. The molecule has 0 aromatic heterocycles. The molecule has 2 heteroatoms. The summed E-state index contributed by atoms with van der Waals surface area (Å²) in [6, 6.07) is 1.16. The first kappa shape index (κ1) is 13.0. The lowest BCUT2D eigenvalue weighted by Gasteiger charge is -2.36. The summed E-state index contributed by atoms with van der Waals surface area (Å²) in [6.07, 6.45) is 5.62. The molecule has 1 fully saturated rings. The van der Waals surface area contributed by atoms with Crippen molar-refractivity contribution in [3.63, 3.8) is 0 Å². The van der Waals surface area contributed by atoms with Crippen LogP contribution in [0.3, 0.4) is 0 Å². The molecule has 0 amide bonds. The molecule has 0 heterocycles. The summed E-state index contributed by atoms with van der Waals surface area (Å²) < 4.78 is 5.33. The monoisotopic (exact) mass is 213 g/mol. The zero-order valence-electron chi connectivity index (χ0n) is 11.0. The molecular weight excluding hydrogens is 186 g/mol. The van der Waals surface area contributed by atoms with E-state index >= 15 is 0 Å². The highest BCUT2D eigenvalue weighted by Gasteiger charge is 2.27. The number of ether oxygens (including phenoxy) is 1. The lowest BCUT2D eigenvalue weighted by atomic mass is 9.75. The molecule has 1 N–H and O–H groups in total. The Bertz CT molecular complexity index is 181. The molecule has 0 spiro atoms. The molecule has 0 aromatic carbocycles. The summed E-state index contributed by atoms with van der Waals surface area (Å²) >= 11 is 0. The predicted molar refractivity (Wildman–Crippen MR) is 65.1 cm³/mol. The molecule has 0 radical (unpaired) electrons. The fourth-order valence-electron chi connectivity index (χ4n) is 2.28. The Kier molecular flexibility index (Phi) is 4.60. The first-order chi connectivity index (χ1) is 6.94. The highest BCUT2D eigenvalue weighted by molar-refractivity contribution is 4.84.